The van der Waals surface area contributed by atoms with Crippen LogP contribution in [0.5, 0.6) is 17.2 Å². The molecule has 2 unspecified atom stereocenters. The zero-order valence-corrected chi connectivity index (χ0v) is 28.7. The highest BCUT2D eigenvalue weighted by Gasteiger charge is 2.37. The van der Waals surface area contributed by atoms with Crippen LogP contribution in [-0.4, -0.2) is 31.1 Å². The van der Waals surface area contributed by atoms with Gasteiger partial charge in [0.15, 0.2) is 0 Å². The first-order valence-electron chi connectivity index (χ1n) is 18.0. The zero-order valence-electron chi connectivity index (χ0n) is 28.7. The molecule has 252 valence electrons. The lowest BCUT2D eigenvalue weighted by Gasteiger charge is -2.30. The van der Waals surface area contributed by atoms with Crippen molar-refractivity contribution in [2.75, 3.05) is 31.1 Å². The van der Waals surface area contributed by atoms with Crippen LogP contribution in [0.25, 0.3) is 0 Å². The van der Waals surface area contributed by atoms with Gasteiger partial charge in [-0.25, -0.2) is 0 Å². The molecule has 49 heavy (non-hydrogen) atoms. The predicted octanol–water partition coefficient (Wildman–Crippen LogP) is 9.96. The van der Waals surface area contributed by atoms with Gasteiger partial charge in [-0.05, 0) is 103 Å². The second kappa shape index (κ2) is 16.1. The van der Waals surface area contributed by atoms with Gasteiger partial charge in [0, 0.05) is 24.7 Å². The fraction of sp³-hybridized carbons (Fsp3) is 0.318. The second-order valence-corrected chi connectivity index (χ2v) is 13.4. The third-order valence-corrected chi connectivity index (χ3v) is 9.94. The molecule has 0 saturated carbocycles. The van der Waals surface area contributed by atoms with E-state index in [1.807, 2.05) is 24.3 Å². The summed E-state index contributed by atoms with van der Waals surface area (Å²) in [6.45, 7) is 8.61. The van der Waals surface area contributed by atoms with Crippen molar-refractivity contribution in [3.05, 3.63) is 155 Å². The molecule has 2 aliphatic heterocycles. The van der Waals surface area contributed by atoms with Gasteiger partial charge in [-0.1, -0.05) is 98.3 Å². The first-order valence-corrected chi connectivity index (χ1v) is 18.0. The van der Waals surface area contributed by atoms with Crippen LogP contribution >= 0.6 is 0 Å². The lowest BCUT2D eigenvalue weighted by Crippen LogP contribution is -2.31. The lowest BCUT2D eigenvalue weighted by molar-refractivity contribution is 0.205. The minimum absolute atomic E-state index is 0.174. The van der Waals surface area contributed by atoms with Gasteiger partial charge in [0.1, 0.15) is 30.5 Å². The normalized spacial score (nSPS) is 17.4. The summed E-state index contributed by atoms with van der Waals surface area (Å²) in [6.07, 6.45) is 5.12. The van der Waals surface area contributed by atoms with Crippen molar-refractivity contribution < 1.29 is 14.2 Å². The minimum Gasteiger partial charge on any atom is -0.494 e. The van der Waals surface area contributed by atoms with E-state index in [4.69, 9.17) is 14.2 Å². The zero-order chi connectivity index (χ0) is 33.3. The highest BCUT2D eigenvalue weighted by atomic mass is 16.5. The molecule has 2 aliphatic rings. The number of rotatable bonds is 14. The number of piperidine rings is 1. The molecular weight excluding hydrogens is 604 g/mol. The Kier molecular flexibility index (Phi) is 10.8. The third-order valence-electron chi connectivity index (χ3n) is 9.94. The summed E-state index contributed by atoms with van der Waals surface area (Å²) in [5.41, 5.74) is 7.44. The van der Waals surface area contributed by atoms with E-state index in [1.54, 1.807) is 0 Å². The van der Waals surface area contributed by atoms with Crippen LogP contribution in [0.3, 0.4) is 0 Å². The number of ether oxygens (including phenoxy) is 3. The Labute approximate surface area is 292 Å². The number of likely N-dealkylation sites (tertiary alicyclic amines) is 1. The molecule has 0 bridgehead atoms. The summed E-state index contributed by atoms with van der Waals surface area (Å²) in [7, 11) is 0. The van der Waals surface area contributed by atoms with E-state index in [0.29, 0.717) is 13.2 Å². The summed E-state index contributed by atoms with van der Waals surface area (Å²) in [6, 6.07) is 44.8. The highest BCUT2D eigenvalue weighted by molar-refractivity contribution is 5.65. The maximum absolute atomic E-state index is 6.28. The largest absolute Gasteiger partial charge is 0.494 e. The average Bonchev–Trinajstić information content (AvgIpc) is 3.43. The molecule has 0 radical (unpaired) electrons. The maximum Gasteiger partial charge on any atom is 0.120 e. The van der Waals surface area contributed by atoms with Crippen molar-refractivity contribution in [2.45, 2.75) is 64.3 Å². The SMILES string of the molecule is CC1c2cc(OCc3ccccc3)ccc2N(Cc2ccc(OCCCN3CCCCC3)cc2)C1c1ccc(OCc2ccccc2)cc1. The van der Waals surface area contributed by atoms with Crippen molar-refractivity contribution in [3.63, 3.8) is 0 Å². The topological polar surface area (TPSA) is 34.2 Å². The molecule has 0 amide bonds. The van der Waals surface area contributed by atoms with Crippen LogP contribution in [0.2, 0.25) is 0 Å². The van der Waals surface area contributed by atoms with E-state index in [9.17, 15) is 0 Å². The molecule has 2 heterocycles. The van der Waals surface area contributed by atoms with Crippen molar-refractivity contribution in [1.29, 1.82) is 0 Å². The lowest BCUT2D eigenvalue weighted by atomic mass is 9.91. The van der Waals surface area contributed by atoms with Crippen molar-refractivity contribution in [2.24, 2.45) is 0 Å². The van der Waals surface area contributed by atoms with E-state index >= 15 is 0 Å². The number of hydrogen-bond acceptors (Lipinski definition) is 5. The van der Waals surface area contributed by atoms with E-state index in [1.165, 1.54) is 60.3 Å². The molecule has 5 heteroatoms. The average molecular weight is 653 g/mol. The van der Waals surface area contributed by atoms with Crippen LogP contribution in [0.4, 0.5) is 5.69 Å². The molecule has 5 nitrogen and oxygen atoms in total. The van der Waals surface area contributed by atoms with Crippen molar-refractivity contribution in [1.82, 2.24) is 4.90 Å². The monoisotopic (exact) mass is 652 g/mol. The molecule has 0 aromatic heterocycles. The molecule has 1 saturated heterocycles. The standard InChI is InChI=1S/C44H48N2O3/c1-34-42-30-41(49-33-37-14-7-3-8-15-37)24-25-43(42)46(44(34)38-18-22-40(23-19-38)48-32-36-12-5-2-6-13-36)31-35-16-20-39(21-17-35)47-29-11-28-45-26-9-4-10-27-45/h2-3,5-8,12-25,30,34,44H,4,9-11,26-29,31-33H2,1H3. The van der Waals surface area contributed by atoms with Crippen LogP contribution < -0.4 is 19.1 Å². The van der Waals surface area contributed by atoms with Crippen LogP contribution in [0.15, 0.2) is 127 Å². The van der Waals surface area contributed by atoms with Gasteiger partial charge in [-0.2, -0.15) is 0 Å². The van der Waals surface area contributed by atoms with E-state index in [0.717, 1.165) is 48.9 Å². The molecular formula is C44H48N2O3. The summed E-state index contributed by atoms with van der Waals surface area (Å²) >= 11 is 0. The number of anilines is 1. The molecule has 5 aromatic rings. The van der Waals surface area contributed by atoms with Crippen LogP contribution in [-0.2, 0) is 19.8 Å². The van der Waals surface area contributed by atoms with E-state index in [2.05, 4.69) is 120 Å². The summed E-state index contributed by atoms with van der Waals surface area (Å²) in [4.78, 5) is 5.13. The van der Waals surface area contributed by atoms with Crippen molar-refractivity contribution in [3.8, 4) is 17.2 Å². The Morgan fingerprint density at radius 3 is 1.86 bits per heavy atom. The molecule has 7 rings (SSSR count). The Hall–Kier alpha value is -4.74. The van der Waals surface area contributed by atoms with E-state index in [-0.39, 0.29) is 12.0 Å². The van der Waals surface area contributed by atoms with Gasteiger partial charge < -0.3 is 24.0 Å². The molecule has 2 atom stereocenters. The molecule has 0 N–H and O–H groups in total. The number of nitrogens with zero attached hydrogens (tertiary/aromatic N) is 2. The van der Waals surface area contributed by atoms with Crippen LogP contribution in [0.1, 0.15) is 72.4 Å². The summed E-state index contributed by atoms with van der Waals surface area (Å²) in [5.74, 6) is 3.00. The quantitative estimate of drug-likeness (QED) is 0.112. The first-order chi connectivity index (χ1) is 24.2. The molecule has 0 aliphatic carbocycles. The second-order valence-electron chi connectivity index (χ2n) is 13.4. The molecule has 5 aromatic carbocycles. The van der Waals surface area contributed by atoms with Crippen LogP contribution in [0, 0.1) is 0 Å². The molecule has 1 fully saturated rings. The van der Waals surface area contributed by atoms with E-state index < -0.39 is 0 Å². The third kappa shape index (κ3) is 8.47. The number of hydrogen-bond donors (Lipinski definition) is 0. The minimum atomic E-state index is 0.174. The van der Waals surface area contributed by atoms with Gasteiger partial charge >= 0.3 is 0 Å². The summed E-state index contributed by atoms with van der Waals surface area (Å²) < 4.78 is 18.6. The Morgan fingerprint density at radius 1 is 0.592 bits per heavy atom. The smallest absolute Gasteiger partial charge is 0.120 e. The van der Waals surface area contributed by atoms with Gasteiger partial charge in [-0.3, -0.25) is 0 Å². The van der Waals surface area contributed by atoms with Gasteiger partial charge in [0.2, 0.25) is 0 Å². The predicted molar refractivity (Wildman–Crippen MR) is 199 cm³/mol. The fourth-order valence-corrected chi connectivity index (χ4v) is 7.28. The fourth-order valence-electron chi connectivity index (χ4n) is 7.28. The Bertz CT molecular complexity index is 1740. The number of fused-ring (bicyclic) bond motifs is 1. The van der Waals surface area contributed by atoms with Gasteiger partial charge in [0.05, 0.1) is 12.6 Å². The Morgan fingerprint density at radius 2 is 1.18 bits per heavy atom. The first kappa shape index (κ1) is 32.8. The highest BCUT2D eigenvalue weighted by Crippen LogP contribution is 2.50. The molecule has 0 spiro atoms. The van der Waals surface area contributed by atoms with Crippen molar-refractivity contribution >= 4 is 5.69 Å². The Balaban J connectivity index is 1.05. The summed E-state index contributed by atoms with van der Waals surface area (Å²) in [5, 5.41) is 0. The van der Waals surface area contributed by atoms with Gasteiger partial charge in [0.25, 0.3) is 0 Å². The van der Waals surface area contributed by atoms with Gasteiger partial charge in [-0.15, -0.1) is 0 Å². The maximum atomic E-state index is 6.28. The number of benzene rings is 5.